The van der Waals surface area contributed by atoms with Crippen LogP contribution in [0.2, 0.25) is 0 Å². The summed E-state index contributed by atoms with van der Waals surface area (Å²) in [6.45, 7) is 5.56. The van der Waals surface area contributed by atoms with Crippen molar-refractivity contribution in [3.8, 4) is 11.5 Å². The summed E-state index contributed by atoms with van der Waals surface area (Å²) in [5.74, 6) is 1.51. The van der Waals surface area contributed by atoms with Crippen molar-refractivity contribution < 1.29 is 27.5 Å². The van der Waals surface area contributed by atoms with Gasteiger partial charge < -0.3 is 27.5 Å². The highest BCUT2D eigenvalue weighted by atomic mass is 127. The largest absolute Gasteiger partial charge is 0.506 e. The molecule has 8 heteroatoms. The highest BCUT2D eigenvalue weighted by molar-refractivity contribution is 14.1. The van der Waals surface area contributed by atoms with E-state index < -0.39 is 6.10 Å². The molecule has 0 aromatic heterocycles. The number of halogens is 2. The molecule has 0 saturated carbocycles. The van der Waals surface area contributed by atoms with Crippen LogP contribution in [-0.2, 0) is 13.2 Å². The minimum absolute atomic E-state index is 0.0191. The third-order valence-corrected chi connectivity index (χ3v) is 5.66. The highest BCUT2D eigenvalue weighted by Crippen LogP contribution is 2.33. The van der Waals surface area contributed by atoms with Crippen molar-refractivity contribution in [2.24, 2.45) is 0 Å². The van der Waals surface area contributed by atoms with Crippen molar-refractivity contribution in [1.82, 2.24) is 0 Å². The minimum Gasteiger partial charge on any atom is -0.506 e. The summed E-state index contributed by atoms with van der Waals surface area (Å²) in [5.41, 5.74) is 2.02. The maximum atomic E-state index is 9.85. The Hall–Kier alpha value is -1.68. The molecule has 0 aliphatic rings. The number of ether oxygens (including phenoxy) is 3. The van der Waals surface area contributed by atoms with Gasteiger partial charge in [0, 0.05) is 11.8 Å². The van der Waals surface area contributed by atoms with Crippen LogP contribution in [0.1, 0.15) is 31.4 Å². The van der Waals surface area contributed by atoms with Crippen molar-refractivity contribution in [2.75, 3.05) is 32.3 Å². The molecule has 0 unspecified atom stereocenters. The summed E-state index contributed by atoms with van der Waals surface area (Å²) in [6.07, 6.45) is 1.37. The van der Waals surface area contributed by atoms with Gasteiger partial charge in [-0.15, -0.1) is 11.6 Å². The smallest absolute Gasteiger partial charge is 0.164 e. The molecule has 0 aliphatic heterocycles. The molecular weight excluding hydrogens is 547 g/mol. The van der Waals surface area contributed by atoms with Gasteiger partial charge in [-0.3, -0.25) is 0 Å². The lowest BCUT2D eigenvalue weighted by molar-refractivity contribution is 0.125. The van der Waals surface area contributed by atoms with Crippen LogP contribution in [-0.4, -0.2) is 48.6 Å². The van der Waals surface area contributed by atoms with E-state index in [9.17, 15) is 10.2 Å². The molecule has 2 N–H and O–H groups in total. The SMILES string of the molecule is CC(C)(c1ccc(OC/C(O)=C/OCCCOI)cc1)c1ccc(OC[C@H](O)CCl)cc1. The predicted molar refractivity (Wildman–Crippen MR) is 134 cm³/mol. The Labute approximate surface area is 208 Å². The fraction of sp³-hybridized carbons (Fsp3) is 0.417. The zero-order valence-corrected chi connectivity index (χ0v) is 21.2. The zero-order valence-electron chi connectivity index (χ0n) is 18.3. The minimum atomic E-state index is -0.681. The molecule has 0 heterocycles. The van der Waals surface area contributed by atoms with Gasteiger partial charge in [0.15, 0.2) is 5.76 Å². The lowest BCUT2D eigenvalue weighted by atomic mass is 9.78. The number of rotatable bonds is 14. The molecule has 2 aromatic rings. The molecule has 176 valence electrons. The van der Waals surface area contributed by atoms with Crippen molar-refractivity contribution in [3.63, 3.8) is 0 Å². The summed E-state index contributed by atoms with van der Waals surface area (Å²) in [6, 6.07) is 15.6. The second-order valence-electron chi connectivity index (χ2n) is 7.73. The average molecular weight is 577 g/mol. The summed E-state index contributed by atoms with van der Waals surface area (Å²) in [4.78, 5) is 0. The van der Waals surface area contributed by atoms with Gasteiger partial charge >= 0.3 is 0 Å². The molecule has 0 bridgehead atoms. The second-order valence-corrected chi connectivity index (χ2v) is 8.66. The molecule has 0 fully saturated rings. The van der Waals surface area contributed by atoms with Crippen LogP contribution in [0.3, 0.4) is 0 Å². The number of hydrogen-bond donors (Lipinski definition) is 2. The maximum Gasteiger partial charge on any atom is 0.164 e. The Kier molecular flexibility index (Phi) is 11.4. The molecule has 0 amide bonds. The van der Waals surface area contributed by atoms with Crippen LogP contribution in [0.5, 0.6) is 11.5 Å². The van der Waals surface area contributed by atoms with E-state index in [1.165, 1.54) is 6.26 Å². The first-order valence-corrected chi connectivity index (χ1v) is 11.7. The summed E-state index contributed by atoms with van der Waals surface area (Å²) >= 11 is 7.42. The van der Waals surface area contributed by atoms with Gasteiger partial charge in [-0.25, -0.2) is 0 Å². The summed E-state index contributed by atoms with van der Waals surface area (Å²) in [5, 5.41) is 19.4. The van der Waals surface area contributed by atoms with Crippen molar-refractivity contribution in [2.45, 2.75) is 31.8 Å². The van der Waals surface area contributed by atoms with Crippen molar-refractivity contribution in [1.29, 1.82) is 0 Å². The molecular formula is C24H30ClIO6. The van der Waals surface area contributed by atoms with E-state index in [4.69, 9.17) is 28.9 Å². The van der Waals surface area contributed by atoms with E-state index in [0.717, 1.165) is 17.5 Å². The molecule has 0 radical (unpaired) electrons. The molecule has 6 nitrogen and oxygen atoms in total. The Morgan fingerprint density at radius 3 is 2.09 bits per heavy atom. The highest BCUT2D eigenvalue weighted by Gasteiger charge is 2.23. The first-order chi connectivity index (χ1) is 15.4. The Morgan fingerprint density at radius 1 is 1.00 bits per heavy atom. The quantitative estimate of drug-likeness (QED) is 0.133. The van der Waals surface area contributed by atoms with Gasteiger partial charge in [-0.1, -0.05) is 38.1 Å². The third kappa shape index (κ3) is 8.69. The van der Waals surface area contributed by atoms with E-state index in [1.54, 1.807) is 0 Å². The first kappa shape index (κ1) is 26.6. The van der Waals surface area contributed by atoms with Crippen molar-refractivity contribution >= 4 is 34.6 Å². The van der Waals surface area contributed by atoms with E-state index in [0.29, 0.717) is 24.7 Å². The predicted octanol–water partition coefficient (Wildman–Crippen LogP) is 5.54. The molecule has 1 atom stereocenters. The maximum absolute atomic E-state index is 9.85. The fourth-order valence-corrected chi connectivity index (χ4v) is 3.28. The van der Waals surface area contributed by atoms with Crippen LogP contribution in [0.15, 0.2) is 60.6 Å². The number of benzene rings is 2. The standard InChI is InChI=1S/C24H30ClIO6/c1-24(2,18-4-8-22(9-5-18)30-16-20(27)14-25)19-6-10-23(11-7-19)31-17-21(28)15-29-12-3-13-32-26/h4-11,15,20,27-28H,3,12-14,16-17H2,1-2H3/b21-15-/t20-/m1/s1. The zero-order chi connectivity index (χ0) is 23.4. The third-order valence-electron chi connectivity index (χ3n) is 4.86. The van der Waals surface area contributed by atoms with E-state index in [-0.39, 0.29) is 30.3 Å². The van der Waals surface area contributed by atoms with Crippen LogP contribution < -0.4 is 9.47 Å². The Morgan fingerprint density at radius 2 is 1.56 bits per heavy atom. The second kappa shape index (κ2) is 13.8. The molecule has 0 aliphatic carbocycles. The van der Waals surface area contributed by atoms with Crippen LogP contribution >= 0.6 is 34.6 Å². The van der Waals surface area contributed by atoms with Crippen LogP contribution in [0.25, 0.3) is 0 Å². The monoisotopic (exact) mass is 576 g/mol. The lowest BCUT2D eigenvalue weighted by Gasteiger charge is -2.26. The van der Waals surface area contributed by atoms with Gasteiger partial charge in [0.2, 0.25) is 0 Å². The van der Waals surface area contributed by atoms with Crippen LogP contribution in [0.4, 0.5) is 0 Å². The number of aliphatic hydroxyl groups is 2. The molecule has 32 heavy (non-hydrogen) atoms. The van der Waals surface area contributed by atoms with Gasteiger partial charge in [0.1, 0.15) is 60.1 Å². The average Bonchev–Trinajstić information content (AvgIpc) is 2.81. The van der Waals surface area contributed by atoms with Gasteiger partial charge in [-0.05, 0) is 35.4 Å². The van der Waals surface area contributed by atoms with Gasteiger partial charge in [0.05, 0.1) is 19.1 Å². The Bertz CT molecular complexity index is 823. The van der Waals surface area contributed by atoms with Crippen LogP contribution in [0, 0.1) is 0 Å². The van der Waals surface area contributed by atoms with Gasteiger partial charge in [-0.2, -0.15) is 0 Å². The van der Waals surface area contributed by atoms with E-state index >= 15 is 0 Å². The first-order valence-electron chi connectivity index (χ1n) is 10.3. The lowest BCUT2D eigenvalue weighted by Crippen LogP contribution is -2.20. The summed E-state index contributed by atoms with van der Waals surface area (Å²) in [7, 11) is 0. The van der Waals surface area contributed by atoms with Gasteiger partial charge in [0.25, 0.3) is 0 Å². The summed E-state index contributed by atoms with van der Waals surface area (Å²) < 4.78 is 21.3. The normalized spacial score (nSPS) is 13.0. The molecule has 2 aromatic carbocycles. The molecule has 0 saturated heterocycles. The molecule has 0 spiro atoms. The Balaban J connectivity index is 1.91. The van der Waals surface area contributed by atoms with E-state index in [1.807, 2.05) is 71.5 Å². The fourth-order valence-electron chi connectivity index (χ4n) is 2.88. The number of alkyl halides is 1. The topological polar surface area (TPSA) is 77.4 Å². The molecule has 2 rings (SSSR count). The van der Waals surface area contributed by atoms with E-state index in [2.05, 4.69) is 13.8 Å². The number of aliphatic hydroxyl groups excluding tert-OH is 2. The van der Waals surface area contributed by atoms with Crippen molar-refractivity contribution in [3.05, 3.63) is 71.7 Å². The number of hydrogen-bond acceptors (Lipinski definition) is 6.